The van der Waals surface area contributed by atoms with Gasteiger partial charge in [-0.25, -0.2) is 9.59 Å². The average Bonchev–Trinajstić information content (AvgIpc) is 2.42. The van der Waals surface area contributed by atoms with E-state index in [2.05, 4.69) is 0 Å². The number of aliphatic hydroxyl groups is 4. The first-order valence-electron chi connectivity index (χ1n) is 5.17. The summed E-state index contributed by atoms with van der Waals surface area (Å²) in [6, 6.07) is -1.26. The first kappa shape index (κ1) is 20.5. The molecular formula is C10H17NO9. The molecule has 0 spiro atoms. The van der Waals surface area contributed by atoms with Gasteiger partial charge in [0.05, 0.1) is 12.6 Å². The fourth-order valence-electron chi connectivity index (χ4n) is 0.786. The van der Waals surface area contributed by atoms with E-state index < -0.39 is 42.9 Å². The number of aldehydes is 1. The molecule has 0 fully saturated rings. The molecule has 0 radical (unpaired) electrons. The van der Waals surface area contributed by atoms with Crippen LogP contribution in [0.3, 0.4) is 0 Å². The van der Waals surface area contributed by atoms with Crippen LogP contribution < -0.4 is 5.73 Å². The van der Waals surface area contributed by atoms with E-state index in [0.717, 1.165) is 0 Å². The number of carboxylic acids is 2. The lowest BCUT2D eigenvalue weighted by Gasteiger charge is -2.23. The molecule has 20 heavy (non-hydrogen) atoms. The maximum Gasteiger partial charge on any atom is 0.328 e. The quantitative estimate of drug-likeness (QED) is 0.181. The molecule has 10 nitrogen and oxygen atoms in total. The standard InChI is InChI=1S/C6H13NO5.C4H4O4/c7-3(1-8)5(11)6(12)4(10)2-9;5-3(6)1-2-4(7)8/h1,3-6,9-12H,2,7H2;1-2H,(H,5,6)(H,7,8)/b;2-1+/t3-,4+,5+,6+;/m0./s1. The number of hydrogen-bond donors (Lipinski definition) is 7. The van der Waals surface area contributed by atoms with E-state index in [0.29, 0.717) is 12.2 Å². The molecule has 0 aromatic rings. The van der Waals surface area contributed by atoms with Crippen molar-refractivity contribution in [3.63, 3.8) is 0 Å². The van der Waals surface area contributed by atoms with E-state index in [9.17, 15) is 14.4 Å². The zero-order valence-electron chi connectivity index (χ0n) is 10.2. The summed E-state index contributed by atoms with van der Waals surface area (Å²) in [5, 5.41) is 50.8. The monoisotopic (exact) mass is 295 g/mol. The normalized spacial score (nSPS) is 16.4. The number of rotatable bonds is 7. The average molecular weight is 295 g/mol. The van der Waals surface area contributed by atoms with Gasteiger partial charge in [0.15, 0.2) is 0 Å². The summed E-state index contributed by atoms with van der Waals surface area (Å²) in [6.45, 7) is -0.705. The van der Waals surface area contributed by atoms with Gasteiger partial charge >= 0.3 is 11.9 Å². The summed E-state index contributed by atoms with van der Waals surface area (Å²) in [5.74, 6) is -2.51. The lowest BCUT2D eigenvalue weighted by atomic mass is 10.0. The summed E-state index contributed by atoms with van der Waals surface area (Å²) in [6.07, 6.45) is -3.31. The SMILES string of the molecule is N[C@@H](C=O)[C@@H](O)[C@H](O)[C@H](O)CO.O=C(O)/C=C/C(=O)O. The highest BCUT2D eigenvalue weighted by atomic mass is 16.4. The highest BCUT2D eigenvalue weighted by Crippen LogP contribution is 2.01. The van der Waals surface area contributed by atoms with Crippen LogP contribution in [0.5, 0.6) is 0 Å². The summed E-state index contributed by atoms with van der Waals surface area (Å²) in [5.41, 5.74) is 5.04. The molecule has 0 aromatic heterocycles. The first-order chi connectivity index (χ1) is 9.17. The van der Waals surface area contributed by atoms with E-state index in [1.54, 1.807) is 0 Å². The molecule has 0 unspecified atom stereocenters. The van der Waals surface area contributed by atoms with Crippen LogP contribution in [-0.4, -0.2) is 79.8 Å². The Morgan fingerprint density at radius 2 is 1.40 bits per heavy atom. The van der Waals surface area contributed by atoms with Gasteiger partial charge in [-0.2, -0.15) is 0 Å². The van der Waals surface area contributed by atoms with Crippen molar-refractivity contribution in [3.8, 4) is 0 Å². The molecule has 10 heteroatoms. The molecule has 0 heterocycles. The van der Waals surface area contributed by atoms with Crippen molar-refractivity contribution in [2.45, 2.75) is 24.4 Å². The third-order valence-electron chi connectivity index (χ3n) is 1.85. The maximum atomic E-state index is 10.0. The van der Waals surface area contributed by atoms with Crippen molar-refractivity contribution in [2.24, 2.45) is 5.73 Å². The van der Waals surface area contributed by atoms with Gasteiger partial charge in [0.25, 0.3) is 0 Å². The smallest absolute Gasteiger partial charge is 0.328 e. The van der Waals surface area contributed by atoms with E-state index in [1.807, 2.05) is 0 Å². The third-order valence-corrected chi connectivity index (χ3v) is 1.85. The van der Waals surface area contributed by atoms with E-state index >= 15 is 0 Å². The molecule has 0 aliphatic rings. The minimum Gasteiger partial charge on any atom is -0.478 e. The Morgan fingerprint density at radius 3 is 1.65 bits per heavy atom. The van der Waals surface area contributed by atoms with Gasteiger partial charge in [0, 0.05) is 12.2 Å². The fraction of sp³-hybridized carbons (Fsp3) is 0.500. The molecule has 0 saturated heterocycles. The maximum absolute atomic E-state index is 10.0. The molecule has 0 bridgehead atoms. The van der Waals surface area contributed by atoms with E-state index in [4.69, 9.17) is 36.4 Å². The largest absolute Gasteiger partial charge is 0.478 e. The van der Waals surface area contributed by atoms with Crippen molar-refractivity contribution in [1.29, 1.82) is 0 Å². The predicted octanol–water partition coefficient (Wildman–Crippen LogP) is -3.70. The predicted molar refractivity (Wildman–Crippen MR) is 63.6 cm³/mol. The van der Waals surface area contributed by atoms with E-state index in [1.165, 1.54) is 0 Å². The first-order valence-corrected chi connectivity index (χ1v) is 5.17. The molecule has 0 aliphatic carbocycles. The third kappa shape index (κ3) is 10.1. The van der Waals surface area contributed by atoms with Gasteiger partial charge in [-0.3, -0.25) is 0 Å². The molecule has 4 atom stereocenters. The van der Waals surface area contributed by atoms with Gasteiger partial charge < -0.3 is 41.2 Å². The highest BCUT2D eigenvalue weighted by Gasteiger charge is 2.28. The molecule has 0 aromatic carbocycles. The van der Waals surface area contributed by atoms with Gasteiger partial charge in [-0.05, 0) is 0 Å². The zero-order chi connectivity index (χ0) is 16.3. The minimum atomic E-state index is -1.62. The molecule has 0 aliphatic heterocycles. The molecule has 0 amide bonds. The Bertz CT molecular complexity index is 328. The van der Waals surface area contributed by atoms with Crippen LogP contribution in [-0.2, 0) is 14.4 Å². The van der Waals surface area contributed by atoms with Crippen molar-refractivity contribution < 1.29 is 45.0 Å². The number of aliphatic hydroxyl groups excluding tert-OH is 4. The Balaban J connectivity index is 0. The lowest BCUT2D eigenvalue weighted by molar-refractivity contribution is -0.134. The Labute approximate surface area is 113 Å². The molecule has 116 valence electrons. The summed E-state index contributed by atoms with van der Waals surface area (Å²) in [7, 11) is 0. The van der Waals surface area contributed by atoms with Crippen LogP contribution in [0.2, 0.25) is 0 Å². The fourth-order valence-corrected chi connectivity index (χ4v) is 0.786. The Hall–Kier alpha value is -1.85. The van der Waals surface area contributed by atoms with Gasteiger partial charge in [-0.15, -0.1) is 0 Å². The van der Waals surface area contributed by atoms with Crippen LogP contribution in [0.25, 0.3) is 0 Å². The second kappa shape index (κ2) is 11.0. The molecule has 0 rings (SSSR count). The molecule has 0 saturated carbocycles. The number of aliphatic carboxylic acids is 2. The Morgan fingerprint density at radius 1 is 1.00 bits per heavy atom. The summed E-state index contributed by atoms with van der Waals surface area (Å²) in [4.78, 5) is 29.1. The number of carbonyl (C=O) groups is 3. The zero-order valence-corrected chi connectivity index (χ0v) is 10.2. The molecule has 8 N–H and O–H groups in total. The highest BCUT2D eigenvalue weighted by molar-refractivity contribution is 5.89. The second-order valence-electron chi connectivity index (χ2n) is 3.45. The topological polar surface area (TPSA) is 199 Å². The lowest BCUT2D eigenvalue weighted by Crippen LogP contribution is -2.49. The minimum absolute atomic E-state index is 0.248. The summed E-state index contributed by atoms with van der Waals surface area (Å²) >= 11 is 0. The van der Waals surface area contributed by atoms with Crippen molar-refractivity contribution in [1.82, 2.24) is 0 Å². The van der Waals surface area contributed by atoms with Crippen LogP contribution in [0, 0.1) is 0 Å². The van der Waals surface area contributed by atoms with Gasteiger partial charge in [0.2, 0.25) is 0 Å². The Kier molecular flexibility index (Phi) is 11.3. The second-order valence-corrected chi connectivity index (χ2v) is 3.45. The number of nitrogens with two attached hydrogens (primary N) is 1. The van der Waals surface area contributed by atoms with Crippen LogP contribution >= 0.6 is 0 Å². The van der Waals surface area contributed by atoms with Gasteiger partial charge in [0.1, 0.15) is 24.6 Å². The van der Waals surface area contributed by atoms with Crippen LogP contribution in [0.1, 0.15) is 0 Å². The van der Waals surface area contributed by atoms with Crippen molar-refractivity contribution >= 4 is 18.2 Å². The summed E-state index contributed by atoms with van der Waals surface area (Å²) < 4.78 is 0. The van der Waals surface area contributed by atoms with Gasteiger partial charge in [-0.1, -0.05) is 0 Å². The number of carboxylic acid groups (broad SMARTS) is 2. The van der Waals surface area contributed by atoms with Crippen LogP contribution in [0.15, 0.2) is 12.2 Å². The molecular weight excluding hydrogens is 278 g/mol. The number of carbonyl (C=O) groups excluding carboxylic acids is 1. The van der Waals surface area contributed by atoms with Crippen molar-refractivity contribution in [3.05, 3.63) is 12.2 Å². The van der Waals surface area contributed by atoms with Crippen LogP contribution in [0.4, 0.5) is 0 Å². The van der Waals surface area contributed by atoms with Crippen molar-refractivity contribution in [2.75, 3.05) is 6.61 Å². The van der Waals surface area contributed by atoms with E-state index in [-0.39, 0.29) is 6.29 Å². The number of hydrogen-bond acceptors (Lipinski definition) is 8.